The molecule has 23 heavy (non-hydrogen) atoms. The van der Waals surface area contributed by atoms with E-state index in [9.17, 15) is 20.0 Å². The third-order valence-corrected chi connectivity index (χ3v) is 6.40. The van der Waals surface area contributed by atoms with Crippen LogP contribution < -0.4 is 0 Å². The Labute approximate surface area is 134 Å². The van der Waals surface area contributed by atoms with Gasteiger partial charge in [-0.2, -0.15) is 0 Å². The monoisotopic (exact) mass is 315 g/mol. The van der Waals surface area contributed by atoms with Crippen LogP contribution in [0.2, 0.25) is 0 Å². The molecule has 4 atom stereocenters. The quantitative estimate of drug-likeness (QED) is 0.675. The fourth-order valence-electron chi connectivity index (χ4n) is 6.25. The van der Waals surface area contributed by atoms with Gasteiger partial charge in [0.2, 0.25) is 0 Å². The Morgan fingerprint density at radius 2 is 1.78 bits per heavy atom. The van der Waals surface area contributed by atoms with Crippen LogP contribution in [0.4, 0.5) is 5.69 Å². The van der Waals surface area contributed by atoms with Crippen LogP contribution >= 0.6 is 0 Å². The minimum absolute atomic E-state index is 0.0364. The lowest BCUT2D eigenvalue weighted by Crippen LogP contribution is -2.54. The molecule has 0 radical (unpaired) electrons. The second-order valence-electron chi connectivity index (χ2n) is 8.12. The number of carbonyl (C=O) groups is 1. The van der Waals surface area contributed by atoms with Crippen molar-refractivity contribution in [2.75, 3.05) is 0 Å². The van der Waals surface area contributed by atoms with E-state index in [0.29, 0.717) is 11.8 Å². The summed E-state index contributed by atoms with van der Waals surface area (Å²) in [5.41, 5.74) is 1.28. The Hall–Kier alpha value is -1.91. The van der Waals surface area contributed by atoms with Crippen molar-refractivity contribution in [2.45, 2.75) is 50.4 Å². The van der Waals surface area contributed by atoms with Crippen molar-refractivity contribution in [2.24, 2.45) is 17.3 Å². The average molecular weight is 315 g/mol. The first-order valence-electron chi connectivity index (χ1n) is 8.37. The lowest BCUT2D eigenvalue weighted by atomic mass is 9.42. The van der Waals surface area contributed by atoms with Crippen LogP contribution in [0.25, 0.3) is 0 Å². The molecule has 122 valence electrons. The van der Waals surface area contributed by atoms with E-state index in [1.165, 1.54) is 12.0 Å². The first-order chi connectivity index (χ1) is 10.9. The number of non-ortho nitro benzene ring substituents is 1. The molecule has 4 saturated carbocycles. The number of carboxylic acids is 1. The summed E-state index contributed by atoms with van der Waals surface area (Å²) in [5, 5.41) is 20.2. The zero-order valence-corrected chi connectivity index (χ0v) is 13.0. The summed E-state index contributed by atoms with van der Waals surface area (Å²) in [6, 6.07) is 7.00. The van der Waals surface area contributed by atoms with Gasteiger partial charge in [-0.05, 0) is 66.8 Å². The Bertz CT molecular complexity index is 652. The largest absolute Gasteiger partial charge is 0.481 e. The molecule has 4 bridgehead atoms. The topological polar surface area (TPSA) is 80.4 Å². The van der Waals surface area contributed by atoms with Crippen molar-refractivity contribution in [3.05, 3.63) is 39.9 Å². The van der Waals surface area contributed by atoms with Gasteiger partial charge in [0.25, 0.3) is 5.69 Å². The van der Waals surface area contributed by atoms with Crippen LogP contribution in [0.15, 0.2) is 24.3 Å². The fraction of sp³-hybridized carbons (Fsp3) is 0.611. The highest BCUT2D eigenvalue weighted by Crippen LogP contribution is 2.66. The van der Waals surface area contributed by atoms with Gasteiger partial charge in [0, 0.05) is 12.1 Å². The number of rotatable bonds is 4. The van der Waals surface area contributed by atoms with Crippen LogP contribution in [0, 0.1) is 27.4 Å². The maximum absolute atomic E-state index is 11.4. The highest BCUT2D eigenvalue weighted by Gasteiger charge is 2.58. The molecular formula is C18H21NO4. The molecule has 0 amide bonds. The Balaban J connectivity index is 1.70. The van der Waals surface area contributed by atoms with Gasteiger partial charge in [-0.25, -0.2) is 0 Å². The van der Waals surface area contributed by atoms with E-state index in [1.807, 2.05) is 12.1 Å². The van der Waals surface area contributed by atoms with Gasteiger partial charge in [0.05, 0.1) is 11.3 Å². The van der Waals surface area contributed by atoms with Gasteiger partial charge < -0.3 is 5.11 Å². The fourth-order valence-corrected chi connectivity index (χ4v) is 6.25. The van der Waals surface area contributed by atoms with Gasteiger partial charge in [-0.15, -0.1) is 0 Å². The number of hydrogen-bond donors (Lipinski definition) is 1. The maximum atomic E-state index is 11.4. The molecule has 0 heterocycles. The SMILES string of the molecule is O=C(O)CC12C[C@H]3C[C@@H](C1)CC(c1ccc([N+](=O)[O-])cc1)(C3)C2. The first kappa shape index (κ1) is 14.7. The summed E-state index contributed by atoms with van der Waals surface area (Å²) in [4.78, 5) is 21.9. The molecule has 1 aromatic rings. The van der Waals surface area contributed by atoms with Crippen molar-refractivity contribution in [1.82, 2.24) is 0 Å². The zero-order valence-electron chi connectivity index (χ0n) is 13.0. The van der Waals surface area contributed by atoms with Crippen molar-refractivity contribution >= 4 is 11.7 Å². The van der Waals surface area contributed by atoms with Crippen LogP contribution in [0.3, 0.4) is 0 Å². The van der Waals surface area contributed by atoms with Gasteiger partial charge in [0.15, 0.2) is 0 Å². The second-order valence-corrected chi connectivity index (χ2v) is 8.12. The molecular weight excluding hydrogens is 294 g/mol. The highest BCUT2D eigenvalue weighted by molar-refractivity contribution is 5.68. The van der Waals surface area contributed by atoms with E-state index in [2.05, 4.69) is 0 Å². The maximum Gasteiger partial charge on any atom is 0.303 e. The minimum atomic E-state index is -0.689. The van der Waals surface area contributed by atoms with Crippen molar-refractivity contribution in [1.29, 1.82) is 0 Å². The molecule has 5 heteroatoms. The molecule has 1 aromatic carbocycles. The van der Waals surface area contributed by atoms with E-state index in [0.717, 1.165) is 32.1 Å². The van der Waals surface area contributed by atoms with E-state index in [4.69, 9.17) is 0 Å². The van der Waals surface area contributed by atoms with E-state index in [-0.39, 0.29) is 27.9 Å². The first-order valence-corrected chi connectivity index (χ1v) is 8.37. The van der Waals surface area contributed by atoms with E-state index >= 15 is 0 Å². The highest BCUT2D eigenvalue weighted by atomic mass is 16.6. The van der Waals surface area contributed by atoms with E-state index < -0.39 is 5.97 Å². The van der Waals surface area contributed by atoms with Crippen LogP contribution in [0.1, 0.15) is 50.5 Å². The Morgan fingerprint density at radius 3 is 2.30 bits per heavy atom. The molecule has 0 aromatic heterocycles. The summed E-state index contributed by atoms with van der Waals surface area (Å²) in [5.74, 6) is 0.544. The Morgan fingerprint density at radius 1 is 1.17 bits per heavy atom. The number of nitrogens with zero attached hydrogens (tertiary/aromatic N) is 1. The van der Waals surface area contributed by atoms with Crippen molar-refractivity contribution in [3.63, 3.8) is 0 Å². The number of benzene rings is 1. The molecule has 2 unspecified atom stereocenters. The van der Waals surface area contributed by atoms with Crippen LogP contribution in [-0.2, 0) is 10.2 Å². The molecule has 1 N–H and O–H groups in total. The van der Waals surface area contributed by atoms with Crippen molar-refractivity contribution < 1.29 is 14.8 Å². The smallest absolute Gasteiger partial charge is 0.303 e. The van der Waals surface area contributed by atoms with Crippen LogP contribution in [-0.4, -0.2) is 16.0 Å². The molecule has 5 nitrogen and oxygen atoms in total. The van der Waals surface area contributed by atoms with Gasteiger partial charge >= 0.3 is 5.97 Å². The number of carboxylic acid groups (broad SMARTS) is 1. The zero-order chi connectivity index (χ0) is 16.2. The number of aliphatic carboxylic acids is 1. The molecule has 4 aliphatic carbocycles. The molecule has 4 fully saturated rings. The molecule has 0 saturated heterocycles. The van der Waals surface area contributed by atoms with Gasteiger partial charge in [-0.1, -0.05) is 12.1 Å². The minimum Gasteiger partial charge on any atom is -0.481 e. The molecule has 0 aliphatic heterocycles. The number of nitro groups is 1. The lowest BCUT2D eigenvalue weighted by molar-refractivity contribution is -0.384. The average Bonchev–Trinajstić information content (AvgIpc) is 2.44. The molecule has 4 aliphatic rings. The number of hydrogen-bond acceptors (Lipinski definition) is 3. The normalized spacial score (nSPS) is 37.7. The third kappa shape index (κ3) is 2.33. The predicted octanol–water partition coefficient (Wildman–Crippen LogP) is 3.91. The summed E-state index contributed by atoms with van der Waals surface area (Å²) in [7, 11) is 0. The van der Waals surface area contributed by atoms with E-state index in [1.54, 1.807) is 12.1 Å². The summed E-state index contributed by atoms with van der Waals surface area (Å²) in [6.45, 7) is 0. The molecule has 5 rings (SSSR count). The summed E-state index contributed by atoms with van der Waals surface area (Å²) in [6.07, 6.45) is 6.75. The second kappa shape index (κ2) is 4.79. The third-order valence-electron chi connectivity index (χ3n) is 6.40. The predicted molar refractivity (Wildman–Crippen MR) is 84.1 cm³/mol. The molecule has 0 spiro atoms. The van der Waals surface area contributed by atoms with Crippen molar-refractivity contribution in [3.8, 4) is 0 Å². The summed E-state index contributed by atoms with van der Waals surface area (Å²) < 4.78 is 0. The van der Waals surface area contributed by atoms with Gasteiger partial charge in [-0.3, -0.25) is 14.9 Å². The summed E-state index contributed by atoms with van der Waals surface area (Å²) >= 11 is 0. The van der Waals surface area contributed by atoms with Crippen LogP contribution in [0.5, 0.6) is 0 Å². The standard InChI is InChI=1S/C18H21NO4/c20-16(21)10-17-6-12-5-13(7-17)9-18(8-12,11-17)14-1-3-15(4-2-14)19(22)23/h1-4,12-13H,5-11H2,(H,20,21)/t12-,13+,17?,18?. The number of nitro benzene ring substituents is 1. The lowest BCUT2D eigenvalue weighted by Gasteiger charge is -2.62. The van der Waals surface area contributed by atoms with Gasteiger partial charge in [0.1, 0.15) is 0 Å². The Kier molecular flexibility index (Phi) is 3.06.